The van der Waals surface area contributed by atoms with E-state index >= 15 is 0 Å². The molecule has 0 aliphatic heterocycles. The number of halogens is 1. The van der Waals surface area contributed by atoms with Crippen LogP contribution in [0.4, 0.5) is 4.39 Å². The summed E-state index contributed by atoms with van der Waals surface area (Å²) in [6.45, 7) is 0. The van der Waals surface area contributed by atoms with Crippen molar-refractivity contribution in [3.05, 3.63) is 78.7 Å². The average Bonchev–Trinajstić information content (AvgIpc) is 2.78. The van der Waals surface area contributed by atoms with E-state index in [9.17, 15) is 12.8 Å². The molecule has 1 heterocycles. The lowest BCUT2D eigenvalue weighted by Crippen LogP contribution is -2.06. The Morgan fingerprint density at radius 3 is 2.27 bits per heavy atom. The van der Waals surface area contributed by atoms with Crippen LogP contribution in [0.5, 0.6) is 11.5 Å². The first-order chi connectivity index (χ1) is 14.5. The van der Waals surface area contributed by atoms with Crippen LogP contribution in [-0.4, -0.2) is 27.6 Å². The molecule has 0 unspecified atom stereocenters. The Balaban J connectivity index is 2.07. The standard InChI is InChI=1S/C23H18FNO4S/c1-28-16-7-3-6-15(12-16)22-19-10-5-11-20(24)23(19)25-14-21(22)30(26,27)18-9-4-8-17(13-18)29-2/h3-14H,1-2H3. The maximum Gasteiger partial charge on any atom is 0.208 e. The van der Waals surface area contributed by atoms with E-state index in [1.165, 1.54) is 44.7 Å². The molecule has 0 bridgehead atoms. The summed E-state index contributed by atoms with van der Waals surface area (Å²) in [6.07, 6.45) is 1.20. The normalized spacial score (nSPS) is 11.4. The summed E-state index contributed by atoms with van der Waals surface area (Å²) in [5.74, 6) is 0.444. The number of para-hydroxylation sites is 1. The van der Waals surface area contributed by atoms with Crippen LogP contribution in [0.1, 0.15) is 0 Å². The zero-order chi connectivity index (χ0) is 21.3. The Bertz CT molecular complexity index is 1350. The van der Waals surface area contributed by atoms with E-state index in [1.54, 1.807) is 42.5 Å². The Morgan fingerprint density at radius 2 is 1.53 bits per heavy atom. The van der Waals surface area contributed by atoms with Gasteiger partial charge in [-0.2, -0.15) is 0 Å². The van der Waals surface area contributed by atoms with Crippen molar-refractivity contribution in [3.63, 3.8) is 0 Å². The van der Waals surface area contributed by atoms with Crippen molar-refractivity contribution in [1.29, 1.82) is 0 Å². The van der Waals surface area contributed by atoms with Crippen LogP contribution < -0.4 is 9.47 Å². The lowest BCUT2D eigenvalue weighted by Gasteiger charge is -2.15. The van der Waals surface area contributed by atoms with Gasteiger partial charge in [0.15, 0.2) is 0 Å². The van der Waals surface area contributed by atoms with Gasteiger partial charge in [-0.1, -0.05) is 30.3 Å². The van der Waals surface area contributed by atoms with Gasteiger partial charge in [0.1, 0.15) is 22.8 Å². The number of ether oxygens (including phenoxy) is 2. The molecule has 0 N–H and O–H groups in total. The minimum Gasteiger partial charge on any atom is -0.497 e. The van der Waals surface area contributed by atoms with E-state index in [0.29, 0.717) is 28.0 Å². The Labute approximate surface area is 173 Å². The Hall–Kier alpha value is -3.45. The van der Waals surface area contributed by atoms with Crippen LogP contribution in [0, 0.1) is 5.82 Å². The first-order valence-electron chi connectivity index (χ1n) is 9.06. The summed E-state index contributed by atoms with van der Waals surface area (Å²) < 4.78 is 52.0. The number of nitrogens with zero attached hydrogens (tertiary/aromatic N) is 1. The van der Waals surface area contributed by atoms with Crippen molar-refractivity contribution in [2.24, 2.45) is 0 Å². The number of pyridine rings is 1. The first kappa shape index (κ1) is 19.8. The fourth-order valence-electron chi connectivity index (χ4n) is 3.34. The molecule has 5 nitrogen and oxygen atoms in total. The van der Waals surface area contributed by atoms with Gasteiger partial charge < -0.3 is 9.47 Å². The molecular formula is C23H18FNO4S. The van der Waals surface area contributed by atoms with Gasteiger partial charge >= 0.3 is 0 Å². The fourth-order valence-corrected chi connectivity index (χ4v) is 4.82. The lowest BCUT2D eigenvalue weighted by atomic mass is 10.0. The van der Waals surface area contributed by atoms with Crippen molar-refractivity contribution in [2.75, 3.05) is 14.2 Å². The lowest BCUT2D eigenvalue weighted by molar-refractivity contribution is 0.413. The molecule has 0 aliphatic carbocycles. The third-order valence-electron chi connectivity index (χ3n) is 4.81. The van der Waals surface area contributed by atoms with Crippen molar-refractivity contribution < 1.29 is 22.3 Å². The highest BCUT2D eigenvalue weighted by Crippen LogP contribution is 2.38. The molecule has 4 rings (SSSR count). The van der Waals surface area contributed by atoms with Crippen molar-refractivity contribution in [3.8, 4) is 22.6 Å². The first-order valence-corrected chi connectivity index (χ1v) is 10.5. The molecule has 0 aliphatic rings. The summed E-state index contributed by atoms with van der Waals surface area (Å²) in [5, 5.41) is 0.396. The van der Waals surface area contributed by atoms with Crippen LogP contribution >= 0.6 is 0 Å². The van der Waals surface area contributed by atoms with Crippen LogP contribution in [0.15, 0.2) is 82.7 Å². The molecule has 0 radical (unpaired) electrons. The smallest absolute Gasteiger partial charge is 0.208 e. The minimum absolute atomic E-state index is 0.0258. The molecule has 0 amide bonds. The molecule has 0 saturated heterocycles. The summed E-state index contributed by atoms with van der Waals surface area (Å²) in [4.78, 5) is 4.16. The number of sulfone groups is 1. The van der Waals surface area contributed by atoms with Gasteiger partial charge in [-0.15, -0.1) is 0 Å². The van der Waals surface area contributed by atoms with Gasteiger partial charge in [-0.05, 0) is 42.0 Å². The van der Waals surface area contributed by atoms with Crippen molar-refractivity contribution >= 4 is 20.7 Å². The largest absolute Gasteiger partial charge is 0.497 e. The third-order valence-corrected chi connectivity index (χ3v) is 6.58. The quantitative estimate of drug-likeness (QED) is 0.457. The highest BCUT2D eigenvalue weighted by Gasteiger charge is 2.26. The highest BCUT2D eigenvalue weighted by molar-refractivity contribution is 7.91. The monoisotopic (exact) mass is 423 g/mol. The number of aromatic nitrogens is 1. The number of hydrogen-bond donors (Lipinski definition) is 0. The number of methoxy groups -OCH3 is 2. The van der Waals surface area contributed by atoms with Gasteiger partial charge in [-0.25, -0.2) is 12.8 Å². The van der Waals surface area contributed by atoms with E-state index in [1.807, 2.05) is 0 Å². The maximum atomic E-state index is 14.4. The van der Waals surface area contributed by atoms with Gasteiger partial charge in [0.25, 0.3) is 0 Å². The second-order valence-corrected chi connectivity index (χ2v) is 8.47. The van der Waals surface area contributed by atoms with E-state index in [4.69, 9.17) is 9.47 Å². The Morgan fingerprint density at radius 1 is 0.867 bits per heavy atom. The predicted molar refractivity (Wildman–Crippen MR) is 112 cm³/mol. The van der Waals surface area contributed by atoms with Gasteiger partial charge in [0, 0.05) is 17.1 Å². The molecule has 0 saturated carbocycles. The van der Waals surface area contributed by atoms with Crippen molar-refractivity contribution in [2.45, 2.75) is 9.79 Å². The number of benzene rings is 3. The van der Waals surface area contributed by atoms with Gasteiger partial charge in [0.05, 0.1) is 24.0 Å². The minimum atomic E-state index is -3.98. The summed E-state index contributed by atoms with van der Waals surface area (Å²) in [5.41, 5.74) is 1.04. The molecule has 0 fully saturated rings. The van der Waals surface area contributed by atoms with Gasteiger partial charge in [0.2, 0.25) is 9.84 Å². The summed E-state index contributed by atoms with van der Waals surface area (Å²) in [6, 6.07) is 17.7. The van der Waals surface area contributed by atoms with Crippen LogP contribution in [0.25, 0.3) is 22.0 Å². The Kier molecular flexibility index (Phi) is 5.13. The maximum absolute atomic E-state index is 14.4. The molecule has 3 aromatic carbocycles. The zero-order valence-electron chi connectivity index (χ0n) is 16.3. The second kappa shape index (κ2) is 7.76. The SMILES string of the molecule is COc1cccc(-c2c(S(=O)(=O)c3cccc(OC)c3)cnc3c(F)cccc23)c1. The number of fused-ring (bicyclic) bond motifs is 1. The van der Waals surface area contributed by atoms with E-state index < -0.39 is 15.7 Å². The molecule has 0 spiro atoms. The van der Waals surface area contributed by atoms with Crippen molar-refractivity contribution in [1.82, 2.24) is 4.98 Å². The molecule has 30 heavy (non-hydrogen) atoms. The predicted octanol–water partition coefficient (Wildman–Crippen LogP) is 4.89. The molecule has 4 aromatic rings. The summed E-state index contributed by atoms with van der Waals surface area (Å²) >= 11 is 0. The van der Waals surface area contributed by atoms with E-state index in [0.717, 1.165) is 0 Å². The van der Waals surface area contributed by atoms with Crippen LogP contribution in [-0.2, 0) is 9.84 Å². The average molecular weight is 423 g/mol. The molecule has 1 aromatic heterocycles. The zero-order valence-corrected chi connectivity index (χ0v) is 17.1. The van der Waals surface area contributed by atoms with Crippen LogP contribution in [0.3, 0.4) is 0 Å². The van der Waals surface area contributed by atoms with E-state index in [-0.39, 0.29) is 15.3 Å². The number of rotatable bonds is 5. The molecule has 0 atom stereocenters. The number of hydrogen-bond acceptors (Lipinski definition) is 5. The molecule has 152 valence electrons. The molecule has 7 heteroatoms. The highest BCUT2D eigenvalue weighted by atomic mass is 32.2. The van der Waals surface area contributed by atoms with E-state index in [2.05, 4.69) is 4.98 Å². The third kappa shape index (κ3) is 3.37. The van der Waals surface area contributed by atoms with Crippen LogP contribution in [0.2, 0.25) is 0 Å². The van der Waals surface area contributed by atoms with Gasteiger partial charge in [-0.3, -0.25) is 4.98 Å². The topological polar surface area (TPSA) is 65.5 Å². The second-order valence-electron chi connectivity index (χ2n) is 6.55. The molecular weight excluding hydrogens is 405 g/mol. The summed E-state index contributed by atoms with van der Waals surface area (Å²) in [7, 11) is -0.989. The fraction of sp³-hybridized carbons (Fsp3) is 0.0870.